The van der Waals surface area contributed by atoms with E-state index in [1.54, 1.807) is 7.05 Å². The van der Waals surface area contributed by atoms with E-state index in [0.29, 0.717) is 50.1 Å². The number of hydrogen-bond acceptors (Lipinski definition) is 6. The van der Waals surface area contributed by atoms with Crippen molar-refractivity contribution in [2.24, 2.45) is 4.99 Å². The Kier molecular flexibility index (Phi) is 9.71. The molecular formula is C14H23F3IN5O2S2. The van der Waals surface area contributed by atoms with Crippen LogP contribution in [0.25, 0.3) is 0 Å². The Bertz CT molecular complexity index is 711. The van der Waals surface area contributed by atoms with Crippen LogP contribution in [-0.4, -0.2) is 75.5 Å². The number of rotatable bonds is 6. The molecule has 1 fully saturated rings. The molecule has 1 aromatic heterocycles. The van der Waals surface area contributed by atoms with E-state index in [9.17, 15) is 21.6 Å². The maximum atomic E-state index is 12.5. The molecule has 0 spiro atoms. The summed E-state index contributed by atoms with van der Waals surface area (Å²) < 4.78 is 60.3. The minimum absolute atomic E-state index is 0. The molecule has 1 aliphatic heterocycles. The summed E-state index contributed by atoms with van der Waals surface area (Å²) in [7, 11) is -1.28. The van der Waals surface area contributed by atoms with Gasteiger partial charge in [0.15, 0.2) is 21.5 Å². The third-order valence-corrected chi connectivity index (χ3v) is 6.37. The second kappa shape index (κ2) is 10.8. The van der Waals surface area contributed by atoms with Crippen LogP contribution in [-0.2, 0) is 22.4 Å². The molecule has 1 aromatic rings. The molecule has 0 amide bonds. The second-order valence-corrected chi connectivity index (χ2v) is 9.04. The summed E-state index contributed by atoms with van der Waals surface area (Å²) in [5.74, 6) is 0.920. The first-order chi connectivity index (χ1) is 12.2. The fraction of sp³-hybridized carbons (Fsp3) is 0.714. The molecule has 2 rings (SSSR count). The van der Waals surface area contributed by atoms with Crippen LogP contribution in [0.1, 0.15) is 10.7 Å². The minimum Gasteiger partial charge on any atom is -0.356 e. The smallest absolute Gasteiger partial charge is 0.356 e. The van der Waals surface area contributed by atoms with Crippen LogP contribution in [0.15, 0.2) is 10.4 Å². The van der Waals surface area contributed by atoms with Gasteiger partial charge in [-0.3, -0.25) is 9.89 Å². The summed E-state index contributed by atoms with van der Waals surface area (Å²) in [6.45, 7) is 2.75. The average Bonchev–Trinajstić information content (AvgIpc) is 3.04. The largest absolute Gasteiger partial charge is 0.434 e. The quantitative estimate of drug-likeness (QED) is 0.320. The van der Waals surface area contributed by atoms with E-state index >= 15 is 0 Å². The molecule has 0 aliphatic carbocycles. The van der Waals surface area contributed by atoms with Gasteiger partial charge in [0.25, 0.3) is 0 Å². The van der Waals surface area contributed by atoms with Gasteiger partial charge in [0.2, 0.25) is 0 Å². The molecule has 0 radical (unpaired) electrons. The molecule has 27 heavy (non-hydrogen) atoms. The zero-order chi connectivity index (χ0) is 19.2. The third-order valence-electron chi connectivity index (χ3n) is 3.85. The van der Waals surface area contributed by atoms with Gasteiger partial charge in [0, 0.05) is 51.6 Å². The van der Waals surface area contributed by atoms with E-state index in [-0.39, 0.29) is 35.5 Å². The number of halogens is 4. The van der Waals surface area contributed by atoms with E-state index in [4.69, 9.17) is 0 Å². The van der Waals surface area contributed by atoms with Gasteiger partial charge < -0.3 is 10.6 Å². The number of aliphatic imine (C=N–C) groups is 1. The van der Waals surface area contributed by atoms with Gasteiger partial charge in [0.1, 0.15) is 0 Å². The van der Waals surface area contributed by atoms with E-state index in [2.05, 4.69) is 25.5 Å². The van der Waals surface area contributed by atoms with Crippen molar-refractivity contribution in [3.63, 3.8) is 0 Å². The first-order valence-electron chi connectivity index (χ1n) is 8.08. The van der Waals surface area contributed by atoms with Crippen LogP contribution >= 0.6 is 35.3 Å². The van der Waals surface area contributed by atoms with Crippen molar-refractivity contribution in [2.45, 2.75) is 12.6 Å². The van der Waals surface area contributed by atoms with Crippen LogP contribution < -0.4 is 10.6 Å². The summed E-state index contributed by atoms with van der Waals surface area (Å²) in [4.78, 5) is 9.69. The highest BCUT2D eigenvalue weighted by Crippen LogP contribution is 2.29. The lowest BCUT2D eigenvalue weighted by Crippen LogP contribution is -2.46. The Balaban J connectivity index is 0.00000364. The summed E-state index contributed by atoms with van der Waals surface area (Å²) in [5.41, 5.74) is -0.858. The van der Waals surface area contributed by atoms with Crippen LogP contribution in [0.5, 0.6) is 0 Å². The summed E-state index contributed by atoms with van der Waals surface area (Å²) in [5, 5.41) is 7.56. The van der Waals surface area contributed by atoms with Gasteiger partial charge >= 0.3 is 6.18 Å². The van der Waals surface area contributed by atoms with Crippen LogP contribution in [0.4, 0.5) is 13.2 Å². The van der Waals surface area contributed by atoms with Gasteiger partial charge in [0.05, 0.1) is 16.5 Å². The van der Waals surface area contributed by atoms with Gasteiger partial charge in [-0.15, -0.1) is 35.3 Å². The van der Waals surface area contributed by atoms with Gasteiger partial charge in [-0.25, -0.2) is 13.4 Å². The highest BCUT2D eigenvalue weighted by Gasteiger charge is 2.33. The van der Waals surface area contributed by atoms with Gasteiger partial charge in [-0.1, -0.05) is 0 Å². The Morgan fingerprint density at radius 1 is 1.30 bits per heavy atom. The minimum atomic E-state index is -4.41. The Labute approximate surface area is 177 Å². The molecule has 0 saturated carbocycles. The number of hydrogen-bond donors (Lipinski definition) is 2. The van der Waals surface area contributed by atoms with Gasteiger partial charge in [-0.2, -0.15) is 13.2 Å². The fourth-order valence-corrected chi connectivity index (χ4v) is 4.45. The second-order valence-electron chi connectivity index (χ2n) is 5.79. The molecule has 0 unspecified atom stereocenters. The number of sulfone groups is 1. The first-order valence-corrected chi connectivity index (χ1v) is 10.8. The number of alkyl halides is 3. The maximum absolute atomic E-state index is 12.5. The molecule has 7 nitrogen and oxygen atoms in total. The molecule has 13 heteroatoms. The topological polar surface area (TPSA) is 86.7 Å². The highest BCUT2D eigenvalue weighted by atomic mass is 127. The van der Waals surface area contributed by atoms with Crippen LogP contribution in [0, 0.1) is 0 Å². The van der Waals surface area contributed by atoms with Crippen molar-refractivity contribution in [1.29, 1.82) is 0 Å². The standard InChI is InChI=1S/C14H22F3N5O2S2.HI/c1-18-13(20-4-5-22-6-8-26(23,24)9-7-22)19-3-2-12-21-11(10-25-12)14(15,16)17;/h10H,2-9H2,1H3,(H2,18,19,20);1H. The van der Waals surface area contributed by atoms with Crippen LogP contribution in [0.2, 0.25) is 0 Å². The van der Waals surface area contributed by atoms with E-state index in [0.717, 1.165) is 16.7 Å². The first kappa shape index (κ1) is 24.4. The number of guanidine groups is 1. The summed E-state index contributed by atoms with van der Waals surface area (Å²) >= 11 is 0.985. The average molecular weight is 541 g/mol. The molecular weight excluding hydrogens is 518 g/mol. The fourth-order valence-electron chi connectivity index (χ4n) is 2.37. The van der Waals surface area contributed by atoms with E-state index in [1.165, 1.54) is 0 Å². The van der Waals surface area contributed by atoms with Crippen molar-refractivity contribution in [2.75, 3.05) is 51.3 Å². The van der Waals surface area contributed by atoms with Crippen LogP contribution in [0.3, 0.4) is 0 Å². The van der Waals surface area contributed by atoms with Crippen molar-refractivity contribution >= 4 is 51.1 Å². The lowest BCUT2D eigenvalue weighted by Gasteiger charge is -2.26. The summed E-state index contributed by atoms with van der Waals surface area (Å²) in [6.07, 6.45) is -4.04. The van der Waals surface area contributed by atoms with E-state index in [1.807, 2.05) is 0 Å². The Morgan fingerprint density at radius 3 is 2.48 bits per heavy atom. The van der Waals surface area contributed by atoms with Crippen molar-refractivity contribution in [3.8, 4) is 0 Å². The molecule has 156 valence electrons. The zero-order valence-electron chi connectivity index (χ0n) is 14.8. The van der Waals surface area contributed by atoms with Crippen molar-refractivity contribution in [1.82, 2.24) is 20.5 Å². The Hall–Kier alpha value is -0.670. The predicted molar refractivity (Wildman–Crippen MR) is 111 cm³/mol. The van der Waals surface area contributed by atoms with Crippen molar-refractivity contribution < 1.29 is 21.6 Å². The monoisotopic (exact) mass is 541 g/mol. The van der Waals surface area contributed by atoms with Gasteiger partial charge in [-0.05, 0) is 0 Å². The maximum Gasteiger partial charge on any atom is 0.434 e. The highest BCUT2D eigenvalue weighted by molar-refractivity contribution is 14.0. The molecule has 1 aliphatic rings. The lowest BCUT2D eigenvalue weighted by atomic mass is 10.4. The molecule has 2 N–H and O–H groups in total. The Morgan fingerprint density at radius 2 is 1.93 bits per heavy atom. The number of thiazole rings is 1. The molecule has 2 heterocycles. The zero-order valence-corrected chi connectivity index (χ0v) is 18.7. The number of nitrogens with one attached hydrogen (secondary N) is 2. The number of nitrogens with zero attached hydrogens (tertiary/aromatic N) is 3. The SMILES string of the molecule is CN=C(NCCc1nc(C(F)(F)F)cs1)NCCN1CCS(=O)(=O)CC1.I. The molecule has 1 saturated heterocycles. The third kappa shape index (κ3) is 8.48. The van der Waals surface area contributed by atoms with E-state index < -0.39 is 21.7 Å². The lowest BCUT2D eigenvalue weighted by molar-refractivity contribution is -0.140. The summed E-state index contributed by atoms with van der Waals surface area (Å²) in [6, 6.07) is 0. The molecule has 0 atom stereocenters. The normalized spacial score (nSPS) is 18.0. The molecule has 0 aromatic carbocycles. The molecule has 0 bridgehead atoms. The van der Waals surface area contributed by atoms with Crippen molar-refractivity contribution in [3.05, 3.63) is 16.1 Å². The predicted octanol–water partition coefficient (Wildman–Crippen LogP) is 1.22. The number of aromatic nitrogens is 1.